The molecule has 1 nitrogen and oxygen atoms in total. The lowest BCUT2D eigenvalue weighted by Gasteiger charge is -2.03. The van der Waals surface area contributed by atoms with Crippen molar-refractivity contribution in [1.29, 1.82) is 0 Å². The van der Waals surface area contributed by atoms with E-state index in [1.165, 1.54) is 47.1 Å². The first-order valence-corrected chi connectivity index (χ1v) is 12.4. The minimum atomic E-state index is -0.663. The van der Waals surface area contributed by atoms with Crippen LogP contribution in [0.3, 0.4) is 0 Å². The average molecular weight is 429 g/mol. The predicted molar refractivity (Wildman–Crippen MR) is 140 cm³/mol. The number of hydrogen-bond donors (Lipinski definition) is 0. The third-order valence-electron chi connectivity index (χ3n) is 6.06. The summed E-state index contributed by atoms with van der Waals surface area (Å²) < 4.78 is 13.8. The van der Waals surface area contributed by atoms with Crippen LogP contribution < -0.4 is 0 Å². The Morgan fingerprint density at radius 1 is 0.645 bits per heavy atom. The van der Waals surface area contributed by atoms with E-state index in [-0.39, 0.29) is 5.60 Å². The normalized spacial score (nSPS) is 22.4. The molecule has 0 N–H and O–H groups in total. The molecule has 1 atom stereocenters. The van der Waals surface area contributed by atoms with Gasteiger partial charge in [0.25, 0.3) is 0 Å². The van der Waals surface area contributed by atoms with Crippen LogP contribution in [0, 0.1) is 0 Å². The summed E-state index contributed by atoms with van der Waals surface area (Å²) in [6.45, 7) is 17.3. The van der Waals surface area contributed by atoms with Crippen molar-refractivity contribution in [2.75, 3.05) is 0 Å². The molecule has 1 aliphatic rings. The first kappa shape index (κ1) is 25.9. The summed E-state index contributed by atoms with van der Waals surface area (Å²) in [5, 5.41) is 0. The number of rotatable bonds is 15. The number of hydrogen-bond acceptors (Lipinski definition) is 1. The second-order valence-corrected chi connectivity index (χ2v) is 10.2. The molecule has 0 aliphatic carbocycles. The Labute approximate surface area is 195 Å². The lowest BCUT2D eigenvalue weighted by atomic mass is 10.0. The minimum absolute atomic E-state index is 0.264. The first-order valence-electron chi connectivity index (χ1n) is 12.9. The van der Waals surface area contributed by atoms with Gasteiger partial charge in [-0.1, -0.05) is 58.2 Å². The Morgan fingerprint density at radius 3 is 1.39 bits per heavy atom. The van der Waals surface area contributed by atoms with Gasteiger partial charge in [0.05, 0.1) is 13.1 Å². The summed E-state index contributed by atoms with van der Waals surface area (Å²) >= 11 is 0. The zero-order valence-electron chi connectivity index (χ0n) is 22.9. The maximum atomic E-state index is 8.23. The van der Waals surface area contributed by atoms with E-state index < -0.39 is 6.08 Å². The minimum Gasteiger partial charge on any atom is -0.367 e. The van der Waals surface area contributed by atoms with Crippen LogP contribution in [-0.4, -0.2) is 11.7 Å². The van der Waals surface area contributed by atoms with Gasteiger partial charge in [-0.2, -0.15) is 0 Å². The molecule has 1 rings (SSSR count). The van der Waals surface area contributed by atoms with Crippen LogP contribution >= 0.6 is 0 Å². The average Bonchev–Trinajstić information content (AvgIpc) is 3.21. The van der Waals surface area contributed by atoms with E-state index in [1.54, 1.807) is 0 Å². The van der Waals surface area contributed by atoms with E-state index in [0.29, 0.717) is 0 Å². The van der Waals surface area contributed by atoms with Gasteiger partial charge < -0.3 is 4.74 Å². The van der Waals surface area contributed by atoms with Crippen LogP contribution in [0.15, 0.2) is 58.2 Å². The van der Waals surface area contributed by atoms with E-state index in [4.69, 9.17) is 6.11 Å². The van der Waals surface area contributed by atoms with Gasteiger partial charge in [-0.25, -0.2) is 0 Å². The maximum absolute atomic E-state index is 8.23. The van der Waals surface area contributed by atoms with Crippen LogP contribution in [0.2, 0.25) is 0 Å². The molecule has 1 fully saturated rings. The second-order valence-electron chi connectivity index (χ2n) is 10.2. The van der Waals surface area contributed by atoms with Crippen molar-refractivity contribution in [3.63, 3.8) is 0 Å². The maximum Gasteiger partial charge on any atom is 0.0892 e. The molecular weight excluding hydrogens is 376 g/mol. The molecule has 31 heavy (non-hydrogen) atoms. The van der Waals surface area contributed by atoms with Crippen molar-refractivity contribution in [1.82, 2.24) is 0 Å². The van der Waals surface area contributed by atoms with Crippen molar-refractivity contribution in [3.8, 4) is 0 Å². The summed E-state index contributed by atoms with van der Waals surface area (Å²) in [4.78, 5) is 0. The molecule has 1 heterocycles. The molecule has 0 spiro atoms. The zero-order valence-corrected chi connectivity index (χ0v) is 21.9. The van der Waals surface area contributed by atoms with Gasteiger partial charge in [0, 0.05) is 0 Å². The van der Waals surface area contributed by atoms with Crippen molar-refractivity contribution < 1.29 is 6.11 Å². The molecule has 0 aromatic carbocycles. The van der Waals surface area contributed by atoms with E-state index in [1.807, 2.05) is 13.8 Å². The fourth-order valence-electron chi connectivity index (χ4n) is 3.69. The Kier molecular flexibility index (Phi) is 12.3. The molecule has 176 valence electrons. The van der Waals surface area contributed by atoms with Crippen molar-refractivity contribution >= 4 is 0 Å². The molecule has 1 saturated heterocycles. The lowest BCUT2D eigenvalue weighted by Crippen LogP contribution is -2.02. The Bertz CT molecular complexity index is 728. The molecule has 0 amide bonds. The van der Waals surface area contributed by atoms with Gasteiger partial charge in [-0.15, -0.1) is 0 Å². The van der Waals surface area contributed by atoms with Crippen LogP contribution in [0.25, 0.3) is 0 Å². The number of ether oxygens (including phenoxy) is 1. The summed E-state index contributed by atoms with van der Waals surface area (Å²) in [5.74, 6) is 0. The second kappa shape index (κ2) is 14.7. The topological polar surface area (TPSA) is 12.5 Å². The summed E-state index contributed by atoms with van der Waals surface area (Å²) in [7, 11) is 0. The summed E-state index contributed by atoms with van der Waals surface area (Å²) in [6.07, 6.45) is 22.2. The largest absolute Gasteiger partial charge is 0.367 e. The Morgan fingerprint density at radius 2 is 1.00 bits per heavy atom. The Hall–Kier alpha value is -1.34. The van der Waals surface area contributed by atoms with Crippen LogP contribution in [-0.2, 0) is 4.74 Å². The molecule has 0 aromatic rings. The van der Waals surface area contributed by atoms with Gasteiger partial charge >= 0.3 is 0 Å². The first-order chi connectivity index (χ1) is 14.9. The number of unbranched alkanes of at least 4 members (excludes halogenated alkanes) is 1. The number of allylic oxidation sites excluding steroid dienone is 10. The zero-order chi connectivity index (χ0) is 24.2. The molecular formula is C30H50O. The van der Waals surface area contributed by atoms with Gasteiger partial charge in [-0.05, 0) is 120 Å². The summed E-state index contributed by atoms with van der Waals surface area (Å²) in [6, 6.07) is 0. The molecule has 1 aliphatic heterocycles. The quantitative estimate of drug-likeness (QED) is 0.144. The molecule has 0 unspecified atom stereocenters. The van der Waals surface area contributed by atoms with Gasteiger partial charge in [0.1, 0.15) is 0 Å². The van der Waals surface area contributed by atoms with E-state index in [9.17, 15) is 0 Å². The van der Waals surface area contributed by atoms with Crippen LogP contribution in [0.5, 0.6) is 0 Å². The third kappa shape index (κ3) is 14.4. The van der Waals surface area contributed by atoms with Gasteiger partial charge in [0.2, 0.25) is 0 Å². The predicted octanol–water partition coefficient (Wildman–Crippen LogP) is 9.82. The van der Waals surface area contributed by atoms with Crippen molar-refractivity contribution in [3.05, 3.63) is 58.2 Å². The van der Waals surface area contributed by atoms with Crippen molar-refractivity contribution in [2.45, 2.75) is 131 Å². The molecule has 1 heteroatoms. The molecule has 0 bridgehead atoms. The highest BCUT2D eigenvalue weighted by atomic mass is 16.6. The Balaban J connectivity index is 2.19. The SMILES string of the molecule is [3H][C@@]1(CC/C(C)=C/CC/C(C)=C/CC/C=C(\C)CC/C=C(\C)CCC=C(C)C)OC1(C)C. The van der Waals surface area contributed by atoms with E-state index >= 15 is 0 Å². The van der Waals surface area contributed by atoms with Gasteiger partial charge in [0.15, 0.2) is 0 Å². The third-order valence-corrected chi connectivity index (χ3v) is 6.06. The van der Waals surface area contributed by atoms with E-state index in [2.05, 4.69) is 71.9 Å². The molecule has 0 radical (unpaired) electrons. The van der Waals surface area contributed by atoms with Crippen LogP contribution in [0.1, 0.15) is 121 Å². The van der Waals surface area contributed by atoms with E-state index in [0.717, 1.165) is 44.9 Å². The fraction of sp³-hybridized carbons (Fsp3) is 0.667. The molecule has 0 saturated carbocycles. The number of epoxide rings is 1. The standard InChI is InChI=1S/C30H50O/c1-24(2)14-11-17-27(5)20-12-18-25(3)15-9-10-16-26(4)19-13-21-28(6)22-23-29-30(7,8)31-29/h14-16,20-21,29H,9-13,17-19,22-23H2,1-8H3/b25-15+,26-16+,27-20+,28-21+/t29-/m0/s1/i29T. The van der Waals surface area contributed by atoms with Gasteiger partial charge in [-0.3, -0.25) is 0 Å². The monoisotopic (exact) mass is 428 g/mol. The molecule has 0 aromatic heterocycles. The lowest BCUT2D eigenvalue weighted by molar-refractivity contribution is 0.320. The smallest absolute Gasteiger partial charge is 0.0892 e. The summed E-state index contributed by atoms with van der Waals surface area (Å²) in [5.41, 5.74) is 7.05. The highest BCUT2D eigenvalue weighted by Gasteiger charge is 2.46. The highest BCUT2D eigenvalue weighted by Crippen LogP contribution is 2.38. The highest BCUT2D eigenvalue weighted by molar-refractivity contribution is 5.08. The fourth-order valence-corrected chi connectivity index (χ4v) is 3.69. The van der Waals surface area contributed by atoms with Crippen molar-refractivity contribution in [2.24, 2.45) is 0 Å². The van der Waals surface area contributed by atoms with Crippen LogP contribution in [0.4, 0.5) is 0 Å².